The van der Waals surface area contributed by atoms with Crippen LogP contribution in [0, 0.1) is 0 Å². The fourth-order valence-electron chi connectivity index (χ4n) is 1.84. The molecule has 0 N–H and O–H groups in total. The topological polar surface area (TPSA) is 46.6 Å². The smallest absolute Gasteiger partial charge is 0.325 e. The second kappa shape index (κ2) is 8.29. The first-order valence-electron chi connectivity index (χ1n) is 6.56. The molecule has 0 fully saturated rings. The summed E-state index contributed by atoms with van der Waals surface area (Å²) in [6.07, 6.45) is 2.13. The average Bonchev–Trinajstić information content (AvgIpc) is 2.45. The zero-order valence-corrected chi connectivity index (χ0v) is 11.6. The highest BCUT2D eigenvalue weighted by Gasteiger charge is 2.15. The number of ether oxygens (including phenoxy) is 1. The van der Waals surface area contributed by atoms with Crippen LogP contribution in [-0.2, 0) is 20.7 Å². The number of esters is 1. The Balaban J connectivity index is 2.34. The van der Waals surface area contributed by atoms with Gasteiger partial charge in [-0.15, -0.1) is 0 Å². The normalized spacial score (nSPS) is 10.0. The van der Waals surface area contributed by atoms with Crippen molar-refractivity contribution < 1.29 is 14.3 Å². The molecule has 4 heteroatoms. The molecule has 0 radical (unpaired) electrons. The SMILES string of the molecule is CCN(CC(=O)OC)C(=O)CCCc1ccccc1. The van der Waals surface area contributed by atoms with Crippen molar-refractivity contribution in [2.24, 2.45) is 0 Å². The van der Waals surface area contributed by atoms with Crippen LogP contribution in [0.4, 0.5) is 0 Å². The number of amides is 1. The van der Waals surface area contributed by atoms with E-state index in [0.29, 0.717) is 13.0 Å². The highest BCUT2D eigenvalue weighted by Crippen LogP contribution is 2.06. The second-order valence-corrected chi connectivity index (χ2v) is 4.32. The number of likely N-dealkylation sites (N-methyl/N-ethyl adjacent to an activating group) is 1. The van der Waals surface area contributed by atoms with Crippen molar-refractivity contribution in [1.29, 1.82) is 0 Å². The zero-order valence-electron chi connectivity index (χ0n) is 11.6. The lowest BCUT2D eigenvalue weighted by molar-refractivity contribution is -0.146. The standard InChI is InChI=1S/C15H21NO3/c1-3-16(12-15(18)19-2)14(17)11-7-10-13-8-5-4-6-9-13/h4-6,8-9H,3,7,10-12H2,1-2H3. The highest BCUT2D eigenvalue weighted by atomic mass is 16.5. The van der Waals surface area contributed by atoms with Gasteiger partial charge >= 0.3 is 5.97 Å². The van der Waals surface area contributed by atoms with Gasteiger partial charge in [-0.2, -0.15) is 0 Å². The molecule has 0 aliphatic rings. The van der Waals surface area contributed by atoms with Crippen molar-refractivity contribution in [1.82, 2.24) is 4.90 Å². The molecule has 1 aromatic rings. The molecule has 0 aliphatic carbocycles. The molecule has 0 saturated carbocycles. The van der Waals surface area contributed by atoms with Gasteiger partial charge in [-0.1, -0.05) is 30.3 Å². The fraction of sp³-hybridized carbons (Fsp3) is 0.467. The lowest BCUT2D eigenvalue weighted by atomic mass is 10.1. The lowest BCUT2D eigenvalue weighted by Gasteiger charge is -2.19. The first-order chi connectivity index (χ1) is 9.17. The van der Waals surface area contributed by atoms with Gasteiger partial charge in [0.25, 0.3) is 0 Å². The molecule has 4 nitrogen and oxygen atoms in total. The van der Waals surface area contributed by atoms with Crippen LogP contribution in [0.2, 0.25) is 0 Å². The van der Waals surface area contributed by atoms with Gasteiger partial charge in [0.1, 0.15) is 6.54 Å². The Morgan fingerprint density at radius 3 is 2.47 bits per heavy atom. The van der Waals surface area contributed by atoms with Gasteiger partial charge in [-0.05, 0) is 25.3 Å². The Kier molecular flexibility index (Phi) is 6.64. The summed E-state index contributed by atoms with van der Waals surface area (Å²) in [7, 11) is 1.33. The molecule has 0 bridgehead atoms. The molecule has 0 aliphatic heterocycles. The largest absolute Gasteiger partial charge is 0.468 e. The number of nitrogens with zero attached hydrogens (tertiary/aromatic N) is 1. The van der Waals surface area contributed by atoms with E-state index < -0.39 is 0 Å². The fourth-order valence-corrected chi connectivity index (χ4v) is 1.84. The van der Waals surface area contributed by atoms with Crippen molar-refractivity contribution in [2.75, 3.05) is 20.2 Å². The van der Waals surface area contributed by atoms with Crippen LogP contribution in [0.15, 0.2) is 30.3 Å². The van der Waals surface area contributed by atoms with Crippen LogP contribution in [0.1, 0.15) is 25.3 Å². The van der Waals surface area contributed by atoms with Gasteiger partial charge < -0.3 is 9.64 Å². The monoisotopic (exact) mass is 263 g/mol. The third-order valence-electron chi connectivity index (χ3n) is 2.98. The van der Waals surface area contributed by atoms with E-state index in [4.69, 9.17) is 0 Å². The molecule has 104 valence electrons. The molecular weight excluding hydrogens is 242 g/mol. The Morgan fingerprint density at radius 1 is 1.21 bits per heavy atom. The molecule has 0 unspecified atom stereocenters. The van der Waals surface area contributed by atoms with Crippen LogP contribution in [0.25, 0.3) is 0 Å². The summed E-state index contributed by atoms with van der Waals surface area (Å²) in [5.74, 6) is -0.373. The number of aryl methyl sites for hydroxylation is 1. The molecule has 1 amide bonds. The Labute approximate surface area is 114 Å². The van der Waals surface area contributed by atoms with Gasteiger partial charge in [0.15, 0.2) is 0 Å². The molecule has 0 heterocycles. The number of methoxy groups -OCH3 is 1. The summed E-state index contributed by atoms with van der Waals surface area (Å²) in [4.78, 5) is 24.6. The summed E-state index contributed by atoms with van der Waals surface area (Å²) < 4.78 is 4.57. The lowest BCUT2D eigenvalue weighted by Crippen LogP contribution is -2.35. The van der Waals surface area contributed by atoms with E-state index in [1.165, 1.54) is 17.6 Å². The highest BCUT2D eigenvalue weighted by molar-refractivity contribution is 5.81. The van der Waals surface area contributed by atoms with Gasteiger partial charge in [-0.25, -0.2) is 0 Å². The summed E-state index contributed by atoms with van der Waals surface area (Å²) in [6, 6.07) is 10.1. The maximum absolute atomic E-state index is 11.9. The first kappa shape index (κ1) is 15.2. The molecule has 0 aromatic heterocycles. The minimum atomic E-state index is -0.377. The van der Waals surface area contributed by atoms with E-state index in [1.54, 1.807) is 0 Å². The minimum absolute atomic E-state index is 0.00355. The van der Waals surface area contributed by atoms with Crippen molar-refractivity contribution in [2.45, 2.75) is 26.2 Å². The molecule has 0 spiro atoms. The maximum atomic E-state index is 11.9. The third-order valence-corrected chi connectivity index (χ3v) is 2.98. The van der Waals surface area contributed by atoms with Gasteiger partial charge in [0.05, 0.1) is 7.11 Å². The molecule has 1 aromatic carbocycles. The van der Waals surface area contributed by atoms with Crippen molar-refractivity contribution in [3.63, 3.8) is 0 Å². The van der Waals surface area contributed by atoms with E-state index in [1.807, 2.05) is 25.1 Å². The van der Waals surface area contributed by atoms with Crippen molar-refractivity contribution >= 4 is 11.9 Å². The minimum Gasteiger partial charge on any atom is -0.468 e. The van der Waals surface area contributed by atoms with Crippen molar-refractivity contribution in [3.8, 4) is 0 Å². The Hall–Kier alpha value is -1.84. The zero-order chi connectivity index (χ0) is 14.1. The number of benzene rings is 1. The van der Waals surface area contributed by atoms with Crippen molar-refractivity contribution in [3.05, 3.63) is 35.9 Å². The third kappa shape index (κ3) is 5.55. The van der Waals surface area contributed by atoms with E-state index in [2.05, 4.69) is 16.9 Å². The van der Waals surface area contributed by atoms with E-state index in [9.17, 15) is 9.59 Å². The second-order valence-electron chi connectivity index (χ2n) is 4.32. The summed E-state index contributed by atoms with van der Waals surface area (Å²) in [6.45, 7) is 2.43. The number of carbonyl (C=O) groups is 2. The quantitative estimate of drug-likeness (QED) is 0.707. The molecular formula is C15H21NO3. The van der Waals surface area contributed by atoms with Crippen LogP contribution in [-0.4, -0.2) is 37.0 Å². The number of hydrogen-bond acceptors (Lipinski definition) is 3. The summed E-state index contributed by atoms with van der Waals surface area (Å²) in [5, 5.41) is 0. The molecule has 0 atom stereocenters. The predicted octanol–water partition coefficient (Wildman–Crippen LogP) is 2.03. The van der Waals surface area contributed by atoms with Crippen LogP contribution in [0.3, 0.4) is 0 Å². The van der Waals surface area contributed by atoms with Crippen LogP contribution < -0.4 is 0 Å². The van der Waals surface area contributed by atoms with Crippen LogP contribution in [0.5, 0.6) is 0 Å². The van der Waals surface area contributed by atoms with E-state index in [0.717, 1.165) is 12.8 Å². The number of hydrogen-bond donors (Lipinski definition) is 0. The summed E-state index contributed by atoms with van der Waals surface area (Å²) >= 11 is 0. The molecule has 1 rings (SSSR count). The molecule has 19 heavy (non-hydrogen) atoms. The maximum Gasteiger partial charge on any atom is 0.325 e. The summed E-state index contributed by atoms with van der Waals surface area (Å²) in [5.41, 5.74) is 1.23. The average molecular weight is 263 g/mol. The first-order valence-corrected chi connectivity index (χ1v) is 6.56. The van der Waals surface area contributed by atoms with Gasteiger partial charge in [0, 0.05) is 13.0 Å². The molecule has 0 saturated heterocycles. The van der Waals surface area contributed by atoms with Crippen LogP contribution >= 0.6 is 0 Å². The number of rotatable bonds is 7. The Bertz CT molecular complexity index is 403. The van der Waals surface area contributed by atoms with E-state index in [-0.39, 0.29) is 18.4 Å². The van der Waals surface area contributed by atoms with E-state index >= 15 is 0 Å². The van der Waals surface area contributed by atoms with Gasteiger partial charge in [0.2, 0.25) is 5.91 Å². The predicted molar refractivity (Wildman–Crippen MR) is 73.7 cm³/mol. The Morgan fingerprint density at radius 2 is 1.89 bits per heavy atom. The number of carbonyl (C=O) groups excluding carboxylic acids is 2. The van der Waals surface area contributed by atoms with Gasteiger partial charge in [-0.3, -0.25) is 9.59 Å².